The minimum Gasteiger partial charge on any atom is -0.443 e. The number of benzene rings is 1. The van der Waals surface area contributed by atoms with E-state index >= 15 is 0 Å². The van der Waals surface area contributed by atoms with Crippen molar-refractivity contribution in [3.63, 3.8) is 0 Å². The van der Waals surface area contributed by atoms with Crippen molar-refractivity contribution in [1.82, 2.24) is 0 Å². The Hall–Kier alpha value is -2.39. The molecule has 0 spiro atoms. The van der Waals surface area contributed by atoms with Gasteiger partial charge < -0.3 is 9.47 Å². The Morgan fingerprint density at radius 1 is 1.42 bits per heavy atom. The lowest BCUT2D eigenvalue weighted by molar-refractivity contribution is -0.384. The van der Waals surface area contributed by atoms with Gasteiger partial charge in [0.25, 0.3) is 5.69 Å². The highest BCUT2D eigenvalue weighted by Crippen LogP contribution is 2.55. The number of epoxide rings is 1. The van der Waals surface area contributed by atoms with Gasteiger partial charge in [0.2, 0.25) is 5.60 Å². The Balaban J connectivity index is 1.88. The zero-order valence-corrected chi connectivity index (χ0v) is 13.7. The molecule has 0 N–H and O–H groups in total. The maximum absolute atomic E-state index is 11.6. The van der Waals surface area contributed by atoms with E-state index in [9.17, 15) is 14.9 Å². The summed E-state index contributed by atoms with van der Waals surface area (Å²) in [5.74, 6) is 5.63. The predicted molar refractivity (Wildman–Crippen MR) is 86.2 cm³/mol. The SMILES string of the molecule is CC(=O)O[C@@](C)(C#Cc1ccc([N+](=O)[O-])cc1)[C@@]12CCCC[C@@H]1O2. The number of carbonyl (C=O) groups excluding carboxylic acids is 1. The minimum atomic E-state index is -1.02. The first-order valence-electron chi connectivity index (χ1n) is 8.01. The lowest BCUT2D eigenvalue weighted by Crippen LogP contribution is -2.47. The summed E-state index contributed by atoms with van der Waals surface area (Å²) in [6.07, 6.45) is 3.99. The molecule has 2 fully saturated rings. The van der Waals surface area contributed by atoms with Gasteiger partial charge in [-0.15, -0.1) is 0 Å². The Morgan fingerprint density at radius 3 is 2.71 bits per heavy atom. The molecule has 1 aliphatic heterocycles. The first kappa shape index (κ1) is 16.5. The molecular weight excluding hydrogens is 310 g/mol. The van der Waals surface area contributed by atoms with E-state index in [1.165, 1.54) is 19.1 Å². The smallest absolute Gasteiger partial charge is 0.304 e. The highest BCUT2D eigenvalue weighted by atomic mass is 16.7. The summed E-state index contributed by atoms with van der Waals surface area (Å²) in [5, 5.41) is 10.7. The number of nitrogens with zero attached hydrogens (tertiary/aromatic N) is 1. The van der Waals surface area contributed by atoms with Crippen LogP contribution in [0.4, 0.5) is 5.69 Å². The van der Waals surface area contributed by atoms with Gasteiger partial charge in [-0.05, 0) is 37.8 Å². The molecule has 1 heterocycles. The maximum Gasteiger partial charge on any atom is 0.304 e. The monoisotopic (exact) mass is 329 g/mol. The summed E-state index contributed by atoms with van der Waals surface area (Å²) in [4.78, 5) is 21.8. The first-order valence-corrected chi connectivity index (χ1v) is 8.01. The van der Waals surface area contributed by atoms with Gasteiger partial charge in [-0.25, -0.2) is 0 Å². The third kappa shape index (κ3) is 2.87. The molecule has 3 atom stereocenters. The molecule has 1 aromatic carbocycles. The number of fused-ring (bicyclic) bond motifs is 1. The van der Waals surface area contributed by atoms with Crippen molar-refractivity contribution in [3.05, 3.63) is 39.9 Å². The van der Waals surface area contributed by atoms with E-state index in [1.807, 2.05) is 0 Å². The topological polar surface area (TPSA) is 82.0 Å². The zero-order valence-electron chi connectivity index (χ0n) is 13.7. The van der Waals surface area contributed by atoms with Gasteiger partial charge in [0.1, 0.15) is 5.60 Å². The normalized spacial score (nSPS) is 27.0. The Kier molecular flexibility index (Phi) is 4.06. The summed E-state index contributed by atoms with van der Waals surface area (Å²) < 4.78 is 11.5. The van der Waals surface area contributed by atoms with Crippen LogP contribution in [0.3, 0.4) is 0 Å². The second-order valence-corrected chi connectivity index (χ2v) is 6.42. The Bertz CT molecular complexity index is 732. The molecular formula is C18H19NO5. The van der Waals surface area contributed by atoms with E-state index < -0.39 is 22.1 Å². The van der Waals surface area contributed by atoms with E-state index in [-0.39, 0.29) is 11.8 Å². The zero-order chi connectivity index (χ0) is 17.4. The van der Waals surface area contributed by atoms with Gasteiger partial charge in [0.05, 0.1) is 11.0 Å². The van der Waals surface area contributed by atoms with Crippen LogP contribution in [0.2, 0.25) is 0 Å². The molecule has 1 saturated carbocycles. The van der Waals surface area contributed by atoms with Crippen molar-refractivity contribution in [3.8, 4) is 11.8 Å². The van der Waals surface area contributed by atoms with Crippen molar-refractivity contribution >= 4 is 11.7 Å². The van der Waals surface area contributed by atoms with Crippen molar-refractivity contribution < 1.29 is 19.2 Å². The second-order valence-electron chi connectivity index (χ2n) is 6.42. The number of esters is 1. The molecule has 3 rings (SSSR count). The van der Waals surface area contributed by atoms with Crippen molar-refractivity contribution in [2.45, 2.75) is 56.8 Å². The van der Waals surface area contributed by atoms with Crippen LogP contribution in [-0.2, 0) is 14.3 Å². The van der Waals surface area contributed by atoms with Crippen LogP contribution in [0.15, 0.2) is 24.3 Å². The van der Waals surface area contributed by atoms with Gasteiger partial charge in [0.15, 0.2) is 0 Å². The van der Waals surface area contributed by atoms with Gasteiger partial charge in [-0.2, -0.15) is 0 Å². The van der Waals surface area contributed by atoms with E-state index in [1.54, 1.807) is 19.1 Å². The number of ether oxygens (including phenoxy) is 2. The minimum absolute atomic E-state index is 0.0137. The number of carbonyl (C=O) groups is 1. The van der Waals surface area contributed by atoms with Gasteiger partial charge in [-0.1, -0.05) is 18.8 Å². The highest BCUT2D eigenvalue weighted by molar-refractivity contribution is 5.67. The molecule has 0 amide bonds. The van der Waals surface area contributed by atoms with Crippen LogP contribution in [0.5, 0.6) is 0 Å². The van der Waals surface area contributed by atoms with Gasteiger partial charge in [0, 0.05) is 24.6 Å². The number of non-ortho nitro benzene ring substituents is 1. The summed E-state index contributed by atoms with van der Waals surface area (Å²) >= 11 is 0. The summed E-state index contributed by atoms with van der Waals surface area (Å²) in [6.45, 7) is 3.15. The van der Waals surface area contributed by atoms with Crippen LogP contribution < -0.4 is 0 Å². The van der Waals surface area contributed by atoms with Crippen molar-refractivity contribution in [2.75, 3.05) is 0 Å². The average molecular weight is 329 g/mol. The number of nitro groups is 1. The lowest BCUT2D eigenvalue weighted by atomic mass is 9.77. The number of nitro benzene ring substituents is 1. The molecule has 0 radical (unpaired) electrons. The van der Waals surface area contributed by atoms with E-state index in [2.05, 4.69) is 11.8 Å². The Morgan fingerprint density at radius 2 is 2.12 bits per heavy atom. The highest BCUT2D eigenvalue weighted by Gasteiger charge is 2.69. The van der Waals surface area contributed by atoms with E-state index in [0.29, 0.717) is 5.56 Å². The molecule has 0 aromatic heterocycles. The fraction of sp³-hybridized carbons (Fsp3) is 0.500. The summed E-state index contributed by atoms with van der Waals surface area (Å²) in [5.41, 5.74) is -0.903. The van der Waals surface area contributed by atoms with Crippen LogP contribution in [0, 0.1) is 22.0 Å². The number of rotatable bonds is 3. The third-order valence-electron chi connectivity index (χ3n) is 4.76. The number of hydrogen-bond donors (Lipinski definition) is 0. The van der Waals surface area contributed by atoms with Gasteiger partial charge >= 0.3 is 5.97 Å². The molecule has 6 nitrogen and oxygen atoms in total. The maximum atomic E-state index is 11.6. The van der Waals surface area contributed by atoms with Crippen LogP contribution >= 0.6 is 0 Å². The standard InChI is InChI=1S/C18H19NO5/c1-13(20)23-17(2,18-11-4-3-5-16(18)24-18)12-10-14-6-8-15(9-7-14)19(21)22/h6-9,16H,3-5,11H2,1-2H3/t16-,17-,18+/m0/s1. The average Bonchev–Trinajstić information content (AvgIpc) is 3.29. The molecule has 126 valence electrons. The number of hydrogen-bond acceptors (Lipinski definition) is 5. The molecule has 24 heavy (non-hydrogen) atoms. The van der Waals surface area contributed by atoms with E-state index in [4.69, 9.17) is 9.47 Å². The lowest BCUT2D eigenvalue weighted by Gasteiger charge is -2.32. The fourth-order valence-corrected chi connectivity index (χ4v) is 3.47. The summed E-state index contributed by atoms with van der Waals surface area (Å²) in [7, 11) is 0. The van der Waals surface area contributed by atoms with Gasteiger partial charge in [-0.3, -0.25) is 14.9 Å². The fourth-order valence-electron chi connectivity index (χ4n) is 3.47. The second kappa shape index (κ2) is 5.91. The predicted octanol–water partition coefficient (Wildman–Crippen LogP) is 2.98. The molecule has 0 bridgehead atoms. The molecule has 6 heteroatoms. The Labute approximate surface area is 140 Å². The third-order valence-corrected chi connectivity index (χ3v) is 4.76. The van der Waals surface area contributed by atoms with Crippen LogP contribution in [-0.4, -0.2) is 28.2 Å². The first-order chi connectivity index (χ1) is 11.4. The quantitative estimate of drug-likeness (QED) is 0.280. The molecule has 1 aromatic rings. The molecule has 1 saturated heterocycles. The molecule has 1 aliphatic carbocycles. The molecule has 2 aliphatic rings. The van der Waals surface area contributed by atoms with Crippen molar-refractivity contribution in [2.24, 2.45) is 0 Å². The summed E-state index contributed by atoms with van der Waals surface area (Å²) in [6, 6.07) is 5.98. The van der Waals surface area contributed by atoms with Crippen molar-refractivity contribution in [1.29, 1.82) is 0 Å². The van der Waals surface area contributed by atoms with E-state index in [0.717, 1.165) is 25.7 Å². The largest absolute Gasteiger partial charge is 0.443 e. The van der Waals surface area contributed by atoms with Crippen LogP contribution in [0.25, 0.3) is 0 Å². The van der Waals surface area contributed by atoms with Crippen LogP contribution in [0.1, 0.15) is 45.1 Å². The molecule has 0 unspecified atom stereocenters.